The molecule has 1 aromatic heterocycles. The smallest absolute Gasteiger partial charge is 0.277 e. The van der Waals surface area contributed by atoms with Crippen LogP contribution in [0.25, 0.3) is 11.0 Å². The highest BCUT2D eigenvalue weighted by Gasteiger charge is 2.34. The van der Waals surface area contributed by atoms with Crippen LogP contribution in [0.2, 0.25) is 0 Å². The van der Waals surface area contributed by atoms with E-state index in [0.29, 0.717) is 11.0 Å². The van der Waals surface area contributed by atoms with Gasteiger partial charge in [-0.2, -0.15) is 5.26 Å². The van der Waals surface area contributed by atoms with Crippen molar-refractivity contribution in [2.45, 2.75) is 18.8 Å². The summed E-state index contributed by atoms with van der Waals surface area (Å²) in [5.74, 6) is -3.01. The molecule has 2 aromatic rings. The number of hydrogen-bond acceptors (Lipinski definition) is 2. The van der Waals surface area contributed by atoms with Gasteiger partial charge in [0.25, 0.3) is 5.92 Å². The van der Waals surface area contributed by atoms with Crippen LogP contribution >= 0.6 is 0 Å². The molecule has 1 heterocycles. The number of halogens is 2. The zero-order valence-corrected chi connectivity index (χ0v) is 8.41. The molecule has 0 unspecified atom stereocenters. The average molecular weight is 221 g/mol. The lowest BCUT2D eigenvalue weighted by Crippen LogP contribution is -2.12. The molecule has 1 aromatic carbocycles. The summed E-state index contributed by atoms with van der Waals surface area (Å²) >= 11 is 0. The van der Waals surface area contributed by atoms with E-state index in [-0.39, 0.29) is 12.0 Å². The minimum Gasteiger partial charge on any atom is -0.464 e. The third-order valence-electron chi connectivity index (χ3n) is 2.43. The maximum Gasteiger partial charge on any atom is 0.277 e. The number of furan rings is 1. The van der Waals surface area contributed by atoms with E-state index in [9.17, 15) is 8.78 Å². The van der Waals surface area contributed by atoms with E-state index in [1.165, 1.54) is 0 Å². The predicted octanol–water partition coefficient (Wildman–Crippen LogP) is 3.83. The number of nitriles is 1. The standard InChI is InChI=1S/C12H9F2NO/c13-12(14,6-3-7-15)10-8-16-11-5-2-1-4-9(10)11/h1-2,4-5,8H,3,6H2. The second kappa shape index (κ2) is 3.93. The van der Waals surface area contributed by atoms with Crippen LogP contribution < -0.4 is 0 Å². The number of benzene rings is 1. The Hall–Kier alpha value is -1.89. The van der Waals surface area contributed by atoms with Gasteiger partial charge in [-0.15, -0.1) is 0 Å². The molecule has 0 aliphatic rings. The molecule has 0 saturated heterocycles. The first-order valence-corrected chi connectivity index (χ1v) is 4.86. The van der Waals surface area contributed by atoms with Crippen molar-refractivity contribution in [1.29, 1.82) is 5.26 Å². The maximum absolute atomic E-state index is 13.7. The van der Waals surface area contributed by atoms with Crippen LogP contribution in [-0.2, 0) is 5.92 Å². The minimum absolute atomic E-state index is 0.140. The van der Waals surface area contributed by atoms with Crippen LogP contribution in [0.5, 0.6) is 0 Å². The number of fused-ring (bicyclic) bond motifs is 1. The molecule has 0 radical (unpaired) electrons. The fourth-order valence-corrected chi connectivity index (χ4v) is 1.61. The first-order chi connectivity index (χ1) is 7.65. The Kier molecular flexibility index (Phi) is 2.61. The minimum atomic E-state index is -3.01. The first kappa shape index (κ1) is 10.6. The van der Waals surface area contributed by atoms with Crippen LogP contribution in [0, 0.1) is 11.3 Å². The van der Waals surface area contributed by atoms with Crippen molar-refractivity contribution in [1.82, 2.24) is 0 Å². The van der Waals surface area contributed by atoms with Crippen molar-refractivity contribution in [2.24, 2.45) is 0 Å². The van der Waals surface area contributed by atoms with Gasteiger partial charge in [0.15, 0.2) is 0 Å². The van der Waals surface area contributed by atoms with Crippen LogP contribution in [0.4, 0.5) is 8.78 Å². The summed E-state index contributed by atoms with van der Waals surface area (Å²) in [4.78, 5) is 0. The Labute approximate surface area is 91.1 Å². The molecule has 0 bridgehead atoms. The van der Waals surface area contributed by atoms with E-state index in [0.717, 1.165) is 6.26 Å². The topological polar surface area (TPSA) is 36.9 Å². The van der Waals surface area contributed by atoms with Gasteiger partial charge in [-0.25, -0.2) is 8.78 Å². The molecule has 0 fully saturated rings. The molecule has 0 spiro atoms. The van der Waals surface area contributed by atoms with Crippen LogP contribution in [-0.4, -0.2) is 0 Å². The summed E-state index contributed by atoms with van der Waals surface area (Å²) in [6, 6.07) is 8.36. The summed E-state index contributed by atoms with van der Waals surface area (Å²) in [6.45, 7) is 0. The van der Waals surface area contributed by atoms with Gasteiger partial charge in [-0.1, -0.05) is 18.2 Å². The number of nitrogens with zero attached hydrogens (tertiary/aromatic N) is 1. The Morgan fingerprint density at radius 2 is 2.06 bits per heavy atom. The number of hydrogen-bond donors (Lipinski definition) is 0. The zero-order chi connectivity index (χ0) is 11.6. The summed E-state index contributed by atoms with van der Waals surface area (Å²) in [5.41, 5.74) is 0.299. The molecule has 16 heavy (non-hydrogen) atoms. The van der Waals surface area contributed by atoms with E-state index >= 15 is 0 Å². The molecular formula is C12H9F2NO. The fraction of sp³-hybridized carbons (Fsp3) is 0.250. The maximum atomic E-state index is 13.7. The SMILES string of the molecule is N#CCCC(F)(F)c1coc2ccccc12. The van der Waals surface area contributed by atoms with Gasteiger partial charge in [-0.3, -0.25) is 0 Å². The van der Waals surface area contributed by atoms with Crippen molar-refractivity contribution in [3.8, 4) is 6.07 Å². The van der Waals surface area contributed by atoms with Crippen molar-refractivity contribution < 1.29 is 13.2 Å². The lowest BCUT2D eigenvalue weighted by molar-refractivity contribution is -0.0111. The highest BCUT2D eigenvalue weighted by atomic mass is 19.3. The summed E-state index contributed by atoms with van der Waals surface area (Å²) in [6.07, 6.45) is 0.418. The summed E-state index contributed by atoms with van der Waals surface area (Å²) in [5, 5.41) is 8.74. The lowest BCUT2D eigenvalue weighted by atomic mass is 10.0. The van der Waals surface area contributed by atoms with E-state index in [4.69, 9.17) is 9.68 Å². The summed E-state index contributed by atoms with van der Waals surface area (Å²) < 4.78 is 32.4. The Bertz CT molecular complexity index is 539. The normalized spacial score (nSPS) is 11.6. The Balaban J connectivity index is 2.43. The average Bonchev–Trinajstić information content (AvgIpc) is 2.71. The lowest BCUT2D eigenvalue weighted by Gasteiger charge is -2.12. The Morgan fingerprint density at radius 1 is 1.31 bits per heavy atom. The molecule has 0 aliphatic carbocycles. The molecule has 0 N–H and O–H groups in total. The largest absolute Gasteiger partial charge is 0.464 e. The first-order valence-electron chi connectivity index (χ1n) is 4.86. The van der Waals surface area contributed by atoms with Crippen LogP contribution in [0.15, 0.2) is 34.9 Å². The van der Waals surface area contributed by atoms with E-state index in [2.05, 4.69) is 0 Å². The van der Waals surface area contributed by atoms with Gasteiger partial charge < -0.3 is 4.42 Å². The van der Waals surface area contributed by atoms with Crippen molar-refractivity contribution >= 4 is 11.0 Å². The molecule has 4 heteroatoms. The van der Waals surface area contributed by atoms with Gasteiger partial charge in [0.05, 0.1) is 11.6 Å². The molecule has 0 aliphatic heterocycles. The van der Waals surface area contributed by atoms with Crippen molar-refractivity contribution in [3.63, 3.8) is 0 Å². The van der Waals surface area contributed by atoms with Crippen molar-refractivity contribution in [2.75, 3.05) is 0 Å². The van der Waals surface area contributed by atoms with Gasteiger partial charge in [-0.05, 0) is 6.07 Å². The van der Waals surface area contributed by atoms with E-state index in [1.54, 1.807) is 30.3 Å². The quantitative estimate of drug-likeness (QED) is 0.789. The van der Waals surface area contributed by atoms with Crippen LogP contribution in [0.1, 0.15) is 18.4 Å². The zero-order valence-electron chi connectivity index (χ0n) is 8.41. The number of rotatable bonds is 3. The molecule has 0 atom stereocenters. The monoisotopic (exact) mass is 221 g/mol. The third-order valence-corrected chi connectivity index (χ3v) is 2.43. The van der Waals surface area contributed by atoms with E-state index in [1.807, 2.05) is 0 Å². The van der Waals surface area contributed by atoms with E-state index < -0.39 is 12.3 Å². The second-order valence-electron chi connectivity index (χ2n) is 3.51. The number of para-hydroxylation sites is 1. The fourth-order valence-electron chi connectivity index (χ4n) is 1.61. The van der Waals surface area contributed by atoms with Gasteiger partial charge in [0.2, 0.25) is 0 Å². The molecule has 0 saturated carbocycles. The van der Waals surface area contributed by atoms with Crippen LogP contribution in [0.3, 0.4) is 0 Å². The van der Waals surface area contributed by atoms with Gasteiger partial charge >= 0.3 is 0 Å². The predicted molar refractivity (Wildman–Crippen MR) is 55.0 cm³/mol. The summed E-state index contributed by atoms with van der Waals surface area (Å²) in [7, 11) is 0. The molecular weight excluding hydrogens is 212 g/mol. The molecule has 2 rings (SSSR count). The van der Waals surface area contributed by atoms with Gasteiger partial charge in [0.1, 0.15) is 11.8 Å². The second-order valence-corrected chi connectivity index (χ2v) is 3.51. The van der Waals surface area contributed by atoms with Gasteiger partial charge in [0, 0.05) is 18.2 Å². The Morgan fingerprint density at radius 3 is 2.81 bits per heavy atom. The highest BCUT2D eigenvalue weighted by molar-refractivity contribution is 5.81. The van der Waals surface area contributed by atoms with Crippen molar-refractivity contribution in [3.05, 3.63) is 36.1 Å². The third kappa shape index (κ3) is 1.76. The highest BCUT2D eigenvalue weighted by Crippen LogP contribution is 2.38. The molecule has 0 amide bonds. The molecule has 2 nitrogen and oxygen atoms in total. The number of alkyl halides is 2. The molecule has 82 valence electrons.